The number of imide groups is 1. The summed E-state index contributed by atoms with van der Waals surface area (Å²) >= 11 is 0. The number of hydrogen-bond donors (Lipinski definition) is 0. The Bertz CT molecular complexity index is 946. The molecule has 0 saturated carbocycles. The zero-order valence-corrected chi connectivity index (χ0v) is 15.2. The SMILES string of the molecule is CC(C)(C)N1CC(=O)N(c2c(F)cc(C#Cc3ccccc3)cc2F)C1=O. The highest BCUT2D eigenvalue weighted by Crippen LogP contribution is 2.31. The van der Waals surface area contributed by atoms with Crippen molar-refractivity contribution in [3.63, 3.8) is 0 Å². The summed E-state index contributed by atoms with van der Waals surface area (Å²) in [6.45, 7) is 5.01. The van der Waals surface area contributed by atoms with Gasteiger partial charge in [0.05, 0.1) is 0 Å². The van der Waals surface area contributed by atoms with Crippen LogP contribution < -0.4 is 4.90 Å². The zero-order chi connectivity index (χ0) is 19.8. The minimum absolute atomic E-state index is 0.115. The van der Waals surface area contributed by atoms with Gasteiger partial charge in [-0.15, -0.1) is 0 Å². The van der Waals surface area contributed by atoms with Gasteiger partial charge < -0.3 is 4.90 Å². The number of hydrogen-bond acceptors (Lipinski definition) is 2. The predicted molar refractivity (Wildman–Crippen MR) is 98.1 cm³/mol. The van der Waals surface area contributed by atoms with Crippen LogP contribution in [0.15, 0.2) is 42.5 Å². The molecule has 2 aromatic carbocycles. The van der Waals surface area contributed by atoms with Gasteiger partial charge in [-0.25, -0.2) is 18.5 Å². The molecule has 1 aliphatic heterocycles. The molecule has 138 valence electrons. The van der Waals surface area contributed by atoms with Crippen molar-refractivity contribution in [3.8, 4) is 11.8 Å². The first kappa shape index (κ1) is 18.6. The maximum Gasteiger partial charge on any atom is 0.332 e. The van der Waals surface area contributed by atoms with Crippen molar-refractivity contribution in [1.29, 1.82) is 0 Å². The van der Waals surface area contributed by atoms with Crippen LogP contribution in [0.2, 0.25) is 0 Å². The molecule has 0 atom stereocenters. The molecular weight excluding hydrogens is 350 g/mol. The lowest BCUT2D eigenvalue weighted by Crippen LogP contribution is -2.44. The smallest absolute Gasteiger partial charge is 0.310 e. The first-order valence-corrected chi connectivity index (χ1v) is 8.39. The Morgan fingerprint density at radius 1 is 0.926 bits per heavy atom. The average Bonchev–Trinajstić information content (AvgIpc) is 2.89. The molecule has 27 heavy (non-hydrogen) atoms. The number of carbonyl (C=O) groups is 2. The summed E-state index contributed by atoms with van der Waals surface area (Å²) < 4.78 is 29.2. The molecule has 0 N–H and O–H groups in total. The summed E-state index contributed by atoms with van der Waals surface area (Å²) in [5, 5.41) is 0. The molecule has 0 bridgehead atoms. The number of halogens is 2. The highest BCUT2D eigenvalue weighted by molar-refractivity contribution is 6.20. The molecule has 0 spiro atoms. The monoisotopic (exact) mass is 368 g/mol. The number of nitrogens with zero attached hydrogens (tertiary/aromatic N) is 2. The molecule has 1 aliphatic rings. The van der Waals surface area contributed by atoms with Crippen molar-refractivity contribution in [2.75, 3.05) is 11.4 Å². The standard InChI is InChI=1S/C21H18F2N2O2/c1-21(2,3)24-13-18(26)25(20(24)27)19-16(22)11-15(12-17(19)23)10-9-14-7-5-4-6-8-14/h4-8,11-12H,13H2,1-3H3. The lowest BCUT2D eigenvalue weighted by Gasteiger charge is -2.30. The van der Waals surface area contributed by atoms with Crippen LogP contribution in [-0.2, 0) is 4.79 Å². The molecule has 0 radical (unpaired) electrons. The highest BCUT2D eigenvalue weighted by Gasteiger charge is 2.44. The first-order chi connectivity index (χ1) is 12.7. The van der Waals surface area contributed by atoms with Crippen molar-refractivity contribution in [2.45, 2.75) is 26.3 Å². The third kappa shape index (κ3) is 3.68. The van der Waals surface area contributed by atoms with E-state index in [1.807, 2.05) is 6.07 Å². The second-order valence-electron chi connectivity index (χ2n) is 7.17. The van der Waals surface area contributed by atoms with Crippen molar-refractivity contribution >= 4 is 17.6 Å². The van der Waals surface area contributed by atoms with E-state index in [0.29, 0.717) is 10.5 Å². The number of carbonyl (C=O) groups excluding carboxylic acids is 2. The third-order valence-corrected chi connectivity index (χ3v) is 4.14. The van der Waals surface area contributed by atoms with E-state index in [1.165, 1.54) is 4.90 Å². The van der Waals surface area contributed by atoms with Crippen molar-refractivity contribution in [2.24, 2.45) is 0 Å². The Balaban J connectivity index is 1.96. The van der Waals surface area contributed by atoms with E-state index >= 15 is 0 Å². The number of benzene rings is 2. The molecule has 3 amide bonds. The van der Waals surface area contributed by atoms with E-state index in [-0.39, 0.29) is 12.1 Å². The number of urea groups is 1. The molecular formula is C21H18F2N2O2. The molecule has 6 heteroatoms. The molecule has 2 aromatic rings. The van der Waals surface area contributed by atoms with Gasteiger partial charge in [0.25, 0.3) is 5.91 Å². The Kier molecular flexibility index (Phi) is 4.71. The molecule has 1 heterocycles. The van der Waals surface area contributed by atoms with Gasteiger partial charge >= 0.3 is 6.03 Å². The Morgan fingerprint density at radius 3 is 2.00 bits per heavy atom. The molecule has 4 nitrogen and oxygen atoms in total. The topological polar surface area (TPSA) is 40.6 Å². The minimum atomic E-state index is -1.01. The third-order valence-electron chi connectivity index (χ3n) is 4.14. The molecule has 0 aromatic heterocycles. The van der Waals surface area contributed by atoms with E-state index in [2.05, 4.69) is 11.8 Å². The van der Waals surface area contributed by atoms with Crippen LogP contribution in [-0.4, -0.2) is 28.9 Å². The van der Waals surface area contributed by atoms with Crippen LogP contribution in [0.1, 0.15) is 31.9 Å². The highest BCUT2D eigenvalue weighted by atomic mass is 19.1. The van der Waals surface area contributed by atoms with Gasteiger partial charge in [-0.2, -0.15) is 0 Å². The second kappa shape index (κ2) is 6.84. The average molecular weight is 368 g/mol. The van der Waals surface area contributed by atoms with Gasteiger partial charge in [0.15, 0.2) is 11.6 Å². The predicted octanol–water partition coefficient (Wildman–Crippen LogP) is 3.93. The van der Waals surface area contributed by atoms with Crippen LogP contribution in [0.25, 0.3) is 0 Å². The Hall–Kier alpha value is -3.20. The molecule has 0 aliphatic carbocycles. The lowest BCUT2D eigenvalue weighted by molar-refractivity contribution is -0.117. The zero-order valence-electron chi connectivity index (χ0n) is 15.2. The summed E-state index contributed by atoms with van der Waals surface area (Å²) in [4.78, 5) is 26.6. The largest absolute Gasteiger partial charge is 0.332 e. The van der Waals surface area contributed by atoms with E-state index in [0.717, 1.165) is 12.1 Å². The number of rotatable bonds is 1. The minimum Gasteiger partial charge on any atom is -0.310 e. The maximum absolute atomic E-state index is 14.6. The summed E-state index contributed by atoms with van der Waals surface area (Å²) in [6, 6.07) is 10.3. The van der Waals surface area contributed by atoms with E-state index in [1.54, 1.807) is 45.0 Å². The summed E-state index contributed by atoms with van der Waals surface area (Å²) in [5.74, 6) is 2.81. The fraction of sp³-hybridized carbons (Fsp3) is 0.238. The van der Waals surface area contributed by atoms with E-state index in [4.69, 9.17) is 0 Å². The van der Waals surface area contributed by atoms with Gasteiger partial charge in [-0.3, -0.25) is 4.79 Å². The lowest BCUT2D eigenvalue weighted by atomic mass is 10.1. The van der Waals surface area contributed by atoms with Gasteiger partial charge in [-0.1, -0.05) is 30.0 Å². The number of amides is 3. The van der Waals surface area contributed by atoms with Crippen LogP contribution in [0.5, 0.6) is 0 Å². The van der Waals surface area contributed by atoms with Crippen LogP contribution in [0.4, 0.5) is 19.3 Å². The van der Waals surface area contributed by atoms with Crippen molar-refractivity contribution in [3.05, 3.63) is 65.2 Å². The van der Waals surface area contributed by atoms with E-state index < -0.39 is 34.8 Å². The Morgan fingerprint density at radius 2 is 1.48 bits per heavy atom. The normalized spacial score (nSPS) is 14.4. The van der Waals surface area contributed by atoms with Gasteiger partial charge in [0, 0.05) is 16.7 Å². The Labute approximate surface area is 156 Å². The van der Waals surface area contributed by atoms with Crippen molar-refractivity contribution < 1.29 is 18.4 Å². The van der Waals surface area contributed by atoms with E-state index in [9.17, 15) is 18.4 Å². The number of anilines is 1. The van der Waals surface area contributed by atoms with Crippen LogP contribution >= 0.6 is 0 Å². The summed E-state index contributed by atoms with van der Waals surface area (Å²) in [7, 11) is 0. The first-order valence-electron chi connectivity index (χ1n) is 8.39. The van der Waals surface area contributed by atoms with Crippen molar-refractivity contribution in [1.82, 2.24) is 4.90 Å². The molecule has 1 saturated heterocycles. The van der Waals surface area contributed by atoms with Gasteiger partial charge in [-0.05, 0) is 45.0 Å². The second-order valence-corrected chi connectivity index (χ2v) is 7.17. The quantitative estimate of drug-likeness (QED) is 0.565. The molecule has 1 fully saturated rings. The maximum atomic E-state index is 14.6. The summed E-state index contributed by atoms with van der Waals surface area (Å²) in [5.41, 5.74) is -0.491. The van der Waals surface area contributed by atoms with Gasteiger partial charge in [0.2, 0.25) is 0 Å². The molecule has 3 rings (SSSR count). The van der Waals surface area contributed by atoms with Crippen LogP contribution in [0.3, 0.4) is 0 Å². The molecule has 0 unspecified atom stereocenters. The van der Waals surface area contributed by atoms with Gasteiger partial charge in [0.1, 0.15) is 12.2 Å². The van der Waals surface area contributed by atoms with Crippen LogP contribution in [0, 0.1) is 23.5 Å². The summed E-state index contributed by atoms with van der Waals surface area (Å²) in [6.07, 6.45) is 0. The fourth-order valence-corrected chi connectivity index (χ4v) is 2.76. The fourth-order valence-electron chi connectivity index (χ4n) is 2.76.